The third-order valence-corrected chi connectivity index (χ3v) is 5.62. The number of amides is 1. The van der Waals surface area contributed by atoms with Gasteiger partial charge in [0.25, 0.3) is 0 Å². The van der Waals surface area contributed by atoms with E-state index < -0.39 is 10.0 Å². The van der Waals surface area contributed by atoms with Crippen LogP contribution in [0.3, 0.4) is 0 Å². The molecule has 0 N–H and O–H groups in total. The van der Waals surface area contributed by atoms with Gasteiger partial charge in [-0.1, -0.05) is 22.5 Å². The van der Waals surface area contributed by atoms with Gasteiger partial charge in [0.2, 0.25) is 15.9 Å². The summed E-state index contributed by atoms with van der Waals surface area (Å²) in [5, 5.41) is 0. The number of carbonyl (C=O) groups excluding carboxylic acids is 1. The van der Waals surface area contributed by atoms with Crippen molar-refractivity contribution in [1.82, 2.24) is 9.21 Å². The summed E-state index contributed by atoms with van der Waals surface area (Å²) in [6.07, 6.45) is 1.25. The van der Waals surface area contributed by atoms with E-state index in [0.29, 0.717) is 26.2 Å². The Labute approximate surface area is 127 Å². The molecule has 1 saturated heterocycles. The Balaban J connectivity index is 2.11. The second-order valence-electron chi connectivity index (χ2n) is 4.39. The highest BCUT2D eigenvalue weighted by Crippen LogP contribution is 2.20. The molecular formula is C13H15BrN2O3S. The molecule has 1 aliphatic rings. The number of sulfonamides is 1. The smallest absolute Gasteiger partial charge is 0.246 e. The molecule has 0 aliphatic carbocycles. The first-order chi connectivity index (χ1) is 9.45. The van der Waals surface area contributed by atoms with Gasteiger partial charge >= 0.3 is 0 Å². The van der Waals surface area contributed by atoms with E-state index in [4.69, 9.17) is 0 Å². The van der Waals surface area contributed by atoms with E-state index in [9.17, 15) is 13.2 Å². The molecule has 1 aromatic carbocycles. The van der Waals surface area contributed by atoms with Crippen molar-refractivity contribution >= 4 is 31.9 Å². The van der Waals surface area contributed by atoms with Crippen molar-refractivity contribution in [2.24, 2.45) is 0 Å². The van der Waals surface area contributed by atoms with Crippen molar-refractivity contribution in [3.05, 3.63) is 41.4 Å². The van der Waals surface area contributed by atoms with Crippen LogP contribution in [0.15, 0.2) is 46.3 Å². The first-order valence-electron chi connectivity index (χ1n) is 6.12. The predicted molar refractivity (Wildman–Crippen MR) is 79.7 cm³/mol. The first-order valence-corrected chi connectivity index (χ1v) is 8.35. The van der Waals surface area contributed by atoms with Crippen LogP contribution in [0.25, 0.3) is 0 Å². The second-order valence-corrected chi connectivity index (χ2v) is 7.24. The van der Waals surface area contributed by atoms with Crippen LogP contribution in [0.2, 0.25) is 0 Å². The van der Waals surface area contributed by atoms with E-state index in [1.54, 1.807) is 29.2 Å². The van der Waals surface area contributed by atoms with E-state index >= 15 is 0 Å². The minimum absolute atomic E-state index is 0.161. The molecule has 0 saturated carbocycles. The number of nitrogens with zero attached hydrogens (tertiary/aromatic N) is 2. The maximum absolute atomic E-state index is 12.4. The lowest BCUT2D eigenvalue weighted by molar-refractivity contribution is -0.127. The highest BCUT2D eigenvalue weighted by molar-refractivity contribution is 9.10. The average Bonchev–Trinajstić information content (AvgIpc) is 2.47. The topological polar surface area (TPSA) is 57.7 Å². The number of piperazine rings is 1. The highest BCUT2D eigenvalue weighted by Gasteiger charge is 2.29. The summed E-state index contributed by atoms with van der Waals surface area (Å²) in [6, 6.07) is 6.54. The van der Waals surface area contributed by atoms with E-state index in [0.717, 1.165) is 4.47 Å². The van der Waals surface area contributed by atoms with Crippen molar-refractivity contribution in [3.63, 3.8) is 0 Å². The van der Waals surface area contributed by atoms with Crippen LogP contribution >= 0.6 is 15.9 Å². The van der Waals surface area contributed by atoms with Crippen LogP contribution in [-0.4, -0.2) is 49.7 Å². The molecule has 108 valence electrons. The molecule has 2 rings (SSSR count). The zero-order chi connectivity index (χ0) is 14.8. The van der Waals surface area contributed by atoms with Gasteiger partial charge in [-0.05, 0) is 30.3 Å². The first kappa shape index (κ1) is 15.2. The highest BCUT2D eigenvalue weighted by atomic mass is 79.9. The summed E-state index contributed by atoms with van der Waals surface area (Å²) in [6.45, 7) is 4.82. The maximum atomic E-state index is 12.4. The molecule has 0 bridgehead atoms. The Morgan fingerprint density at radius 2 is 1.70 bits per heavy atom. The third-order valence-electron chi connectivity index (χ3n) is 3.18. The number of hydrogen-bond acceptors (Lipinski definition) is 3. The van der Waals surface area contributed by atoms with Gasteiger partial charge in [-0.25, -0.2) is 8.42 Å². The van der Waals surface area contributed by atoms with Crippen LogP contribution < -0.4 is 0 Å². The standard InChI is InChI=1S/C13H15BrN2O3S/c1-2-13(17)15-7-9-16(10-8-15)20(18,19)12-5-3-11(14)4-6-12/h2-6H,1,7-10H2. The summed E-state index contributed by atoms with van der Waals surface area (Å²) in [7, 11) is -3.49. The molecule has 1 aromatic rings. The van der Waals surface area contributed by atoms with Gasteiger partial charge in [-0.3, -0.25) is 4.79 Å². The van der Waals surface area contributed by atoms with Crippen LogP contribution in [0.4, 0.5) is 0 Å². The number of carbonyl (C=O) groups is 1. The van der Waals surface area contributed by atoms with Crippen molar-refractivity contribution in [2.75, 3.05) is 26.2 Å². The second kappa shape index (κ2) is 6.07. The molecule has 7 heteroatoms. The molecule has 1 heterocycles. The zero-order valence-corrected chi connectivity index (χ0v) is 13.2. The number of hydrogen-bond donors (Lipinski definition) is 0. The van der Waals surface area contributed by atoms with Crippen LogP contribution in [0, 0.1) is 0 Å². The monoisotopic (exact) mass is 358 g/mol. The third kappa shape index (κ3) is 3.11. The molecule has 1 fully saturated rings. The van der Waals surface area contributed by atoms with Crippen LogP contribution in [-0.2, 0) is 14.8 Å². The lowest BCUT2D eigenvalue weighted by Crippen LogP contribution is -2.50. The predicted octanol–water partition coefficient (Wildman–Crippen LogP) is 1.47. The lowest BCUT2D eigenvalue weighted by Gasteiger charge is -2.33. The molecule has 1 aliphatic heterocycles. The maximum Gasteiger partial charge on any atom is 0.246 e. The Morgan fingerprint density at radius 3 is 2.20 bits per heavy atom. The molecule has 20 heavy (non-hydrogen) atoms. The molecule has 5 nitrogen and oxygen atoms in total. The van der Waals surface area contributed by atoms with Crippen LogP contribution in [0.5, 0.6) is 0 Å². The van der Waals surface area contributed by atoms with Crippen molar-refractivity contribution in [2.45, 2.75) is 4.90 Å². The Bertz CT molecular complexity index is 605. The number of benzene rings is 1. The number of halogens is 1. The lowest BCUT2D eigenvalue weighted by atomic mass is 10.3. The van der Waals surface area contributed by atoms with Crippen LogP contribution in [0.1, 0.15) is 0 Å². The molecule has 0 atom stereocenters. The Hall–Kier alpha value is -1.18. The summed E-state index contributed by atoms with van der Waals surface area (Å²) >= 11 is 3.28. The summed E-state index contributed by atoms with van der Waals surface area (Å²) < 4.78 is 27.1. The van der Waals surface area contributed by atoms with Gasteiger partial charge in [0, 0.05) is 30.7 Å². The summed E-state index contributed by atoms with van der Waals surface area (Å²) in [4.78, 5) is 13.3. The normalized spacial score (nSPS) is 16.9. The fourth-order valence-electron chi connectivity index (χ4n) is 2.03. The molecule has 0 radical (unpaired) electrons. The quantitative estimate of drug-likeness (QED) is 0.768. The largest absolute Gasteiger partial charge is 0.337 e. The fourth-order valence-corrected chi connectivity index (χ4v) is 3.72. The van der Waals surface area contributed by atoms with Gasteiger partial charge < -0.3 is 4.90 Å². The summed E-state index contributed by atoms with van der Waals surface area (Å²) in [5.41, 5.74) is 0. The van der Waals surface area contributed by atoms with E-state index in [1.165, 1.54) is 10.4 Å². The van der Waals surface area contributed by atoms with Crippen molar-refractivity contribution in [1.29, 1.82) is 0 Å². The van der Waals surface area contributed by atoms with Crippen molar-refractivity contribution < 1.29 is 13.2 Å². The Kier molecular flexibility index (Phi) is 4.62. The fraction of sp³-hybridized carbons (Fsp3) is 0.308. The molecule has 1 amide bonds. The molecule has 0 unspecified atom stereocenters. The minimum atomic E-state index is -3.49. The summed E-state index contributed by atoms with van der Waals surface area (Å²) in [5.74, 6) is -0.161. The van der Waals surface area contributed by atoms with E-state index in [1.807, 2.05) is 0 Å². The number of rotatable bonds is 3. The van der Waals surface area contributed by atoms with Gasteiger partial charge in [0.05, 0.1) is 4.90 Å². The SMILES string of the molecule is C=CC(=O)N1CCN(S(=O)(=O)c2ccc(Br)cc2)CC1. The Morgan fingerprint density at radius 1 is 1.15 bits per heavy atom. The van der Waals surface area contributed by atoms with Gasteiger partial charge in [-0.15, -0.1) is 0 Å². The zero-order valence-electron chi connectivity index (χ0n) is 10.8. The molecule has 0 aromatic heterocycles. The van der Waals surface area contributed by atoms with Gasteiger partial charge in [0.15, 0.2) is 0 Å². The average molecular weight is 359 g/mol. The van der Waals surface area contributed by atoms with Gasteiger partial charge in [0.1, 0.15) is 0 Å². The molecule has 0 spiro atoms. The van der Waals surface area contributed by atoms with Crippen molar-refractivity contribution in [3.8, 4) is 0 Å². The van der Waals surface area contributed by atoms with E-state index in [2.05, 4.69) is 22.5 Å². The molecular weight excluding hydrogens is 344 g/mol. The minimum Gasteiger partial charge on any atom is -0.337 e. The van der Waals surface area contributed by atoms with E-state index in [-0.39, 0.29) is 10.8 Å². The van der Waals surface area contributed by atoms with Gasteiger partial charge in [-0.2, -0.15) is 4.31 Å².